The summed E-state index contributed by atoms with van der Waals surface area (Å²) >= 11 is 6.11. The zero-order chi connectivity index (χ0) is 18.4. The van der Waals surface area contributed by atoms with Gasteiger partial charge in [-0.3, -0.25) is 9.78 Å². The maximum atomic E-state index is 12.8. The molecule has 25 heavy (non-hydrogen) atoms. The third-order valence-electron chi connectivity index (χ3n) is 4.23. The lowest BCUT2D eigenvalue weighted by Crippen LogP contribution is -2.42. The normalized spacial score (nSPS) is 12.2. The highest BCUT2D eigenvalue weighted by Crippen LogP contribution is 2.27. The average molecular weight is 362 g/mol. The minimum Gasteiger partial charge on any atom is -0.373 e. The number of hydrogen-bond donors (Lipinski definition) is 1. The van der Waals surface area contributed by atoms with Gasteiger partial charge in [-0.05, 0) is 50.5 Å². The van der Waals surface area contributed by atoms with Crippen molar-refractivity contribution < 1.29 is 4.79 Å². The molecule has 4 nitrogen and oxygen atoms in total. The number of nitrogens with one attached hydrogen (secondary N) is 1. The molecule has 1 amide bonds. The first-order chi connectivity index (χ1) is 12.0. The van der Waals surface area contributed by atoms with Crippen LogP contribution in [0.15, 0.2) is 24.3 Å². The van der Waals surface area contributed by atoms with E-state index in [9.17, 15) is 4.79 Å². The number of fused-ring (bicyclic) bond motifs is 1. The van der Waals surface area contributed by atoms with Crippen LogP contribution in [0, 0.1) is 0 Å². The minimum atomic E-state index is -0.288. The Morgan fingerprint density at radius 1 is 1.20 bits per heavy atom. The molecule has 1 heterocycles. The number of aryl methyl sites for hydroxylation is 1. The van der Waals surface area contributed by atoms with Crippen LogP contribution in [0.5, 0.6) is 0 Å². The standard InChI is InChI=1S/C20H28ClN3O/c1-5-10-24(11-6-2)20(25)14(4)22-19-13-16(7-3)23-18-12-15(21)8-9-17(18)19/h8-9,12-14H,5-7,10-11H2,1-4H3,(H,22,23). The number of pyridine rings is 1. The number of aromatic nitrogens is 1. The van der Waals surface area contributed by atoms with Gasteiger partial charge in [0.2, 0.25) is 5.91 Å². The Morgan fingerprint density at radius 2 is 1.88 bits per heavy atom. The van der Waals surface area contributed by atoms with Crippen molar-refractivity contribution in [2.75, 3.05) is 18.4 Å². The summed E-state index contributed by atoms with van der Waals surface area (Å²) in [7, 11) is 0. The fourth-order valence-electron chi connectivity index (χ4n) is 3.00. The molecule has 136 valence electrons. The highest BCUT2D eigenvalue weighted by atomic mass is 35.5. The highest BCUT2D eigenvalue weighted by molar-refractivity contribution is 6.31. The largest absolute Gasteiger partial charge is 0.373 e. The Bertz CT molecular complexity index is 726. The molecule has 1 N–H and O–H groups in total. The van der Waals surface area contributed by atoms with Crippen molar-refractivity contribution in [3.63, 3.8) is 0 Å². The zero-order valence-electron chi connectivity index (χ0n) is 15.6. The van der Waals surface area contributed by atoms with Gasteiger partial charge < -0.3 is 10.2 Å². The lowest BCUT2D eigenvalue weighted by atomic mass is 10.1. The van der Waals surface area contributed by atoms with E-state index in [0.717, 1.165) is 54.6 Å². The number of amides is 1. The maximum Gasteiger partial charge on any atom is 0.244 e. The summed E-state index contributed by atoms with van der Waals surface area (Å²) < 4.78 is 0. The molecule has 0 spiro atoms. The molecule has 0 aliphatic carbocycles. The summed E-state index contributed by atoms with van der Waals surface area (Å²) in [5, 5.41) is 5.05. The van der Waals surface area contributed by atoms with Crippen LogP contribution >= 0.6 is 11.6 Å². The monoisotopic (exact) mass is 361 g/mol. The molecule has 0 saturated heterocycles. The van der Waals surface area contributed by atoms with Gasteiger partial charge in [0.25, 0.3) is 0 Å². The molecule has 0 radical (unpaired) electrons. The van der Waals surface area contributed by atoms with Crippen molar-refractivity contribution in [1.82, 2.24) is 9.88 Å². The van der Waals surface area contributed by atoms with Gasteiger partial charge in [-0.1, -0.05) is 32.4 Å². The van der Waals surface area contributed by atoms with E-state index in [1.54, 1.807) is 0 Å². The van der Waals surface area contributed by atoms with Crippen LogP contribution in [0.3, 0.4) is 0 Å². The van der Waals surface area contributed by atoms with Gasteiger partial charge in [0, 0.05) is 34.9 Å². The summed E-state index contributed by atoms with van der Waals surface area (Å²) in [4.78, 5) is 19.4. The van der Waals surface area contributed by atoms with Crippen molar-refractivity contribution >= 4 is 34.1 Å². The number of hydrogen-bond acceptors (Lipinski definition) is 3. The molecule has 1 aromatic carbocycles. The van der Waals surface area contributed by atoms with E-state index in [2.05, 4.69) is 31.1 Å². The summed E-state index contributed by atoms with van der Waals surface area (Å²) in [6.07, 6.45) is 2.77. The van der Waals surface area contributed by atoms with E-state index < -0.39 is 0 Å². The van der Waals surface area contributed by atoms with E-state index in [-0.39, 0.29) is 11.9 Å². The Hall–Kier alpha value is -1.81. The summed E-state index contributed by atoms with van der Waals surface area (Å²) in [5.74, 6) is 0.140. The first-order valence-corrected chi connectivity index (χ1v) is 9.52. The fraction of sp³-hybridized carbons (Fsp3) is 0.500. The number of carbonyl (C=O) groups is 1. The van der Waals surface area contributed by atoms with E-state index in [1.165, 1.54) is 0 Å². The van der Waals surface area contributed by atoms with Crippen molar-refractivity contribution in [2.45, 2.75) is 53.0 Å². The summed E-state index contributed by atoms with van der Waals surface area (Å²) in [5.41, 5.74) is 2.77. The molecule has 0 fully saturated rings. The van der Waals surface area contributed by atoms with E-state index in [1.807, 2.05) is 36.1 Å². The van der Waals surface area contributed by atoms with Gasteiger partial charge in [0.05, 0.1) is 5.52 Å². The van der Waals surface area contributed by atoms with Gasteiger partial charge >= 0.3 is 0 Å². The van der Waals surface area contributed by atoms with Crippen LogP contribution in [0.4, 0.5) is 5.69 Å². The predicted octanol–water partition coefficient (Wildman–Crippen LogP) is 4.90. The number of benzene rings is 1. The summed E-state index contributed by atoms with van der Waals surface area (Å²) in [6, 6.07) is 7.43. The van der Waals surface area contributed by atoms with Gasteiger partial charge in [-0.2, -0.15) is 0 Å². The Morgan fingerprint density at radius 3 is 2.48 bits per heavy atom. The number of halogens is 1. The highest BCUT2D eigenvalue weighted by Gasteiger charge is 2.20. The SMILES string of the molecule is CCCN(CCC)C(=O)C(C)Nc1cc(CC)nc2cc(Cl)ccc12. The molecule has 5 heteroatoms. The minimum absolute atomic E-state index is 0.140. The molecule has 2 aromatic rings. The van der Waals surface area contributed by atoms with E-state index >= 15 is 0 Å². The second kappa shape index (κ2) is 9.04. The number of anilines is 1. The van der Waals surface area contributed by atoms with Crippen LogP contribution in [-0.2, 0) is 11.2 Å². The first-order valence-electron chi connectivity index (χ1n) is 9.14. The number of nitrogens with zero attached hydrogens (tertiary/aromatic N) is 2. The van der Waals surface area contributed by atoms with Crippen LogP contribution in [0.25, 0.3) is 10.9 Å². The molecular weight excluding hydrogens is 334 g/mol. The molecule has 1 aromatic heterocycles. The van der Waals surface area contributed by atoms with Gasteiger partial charge in [0.1, 0.15) is 6.04 Å². The average Bonchev–Trinajstić information content (AvgIpc) is 2.60. The number of rotatable bonds is 8. The topological polar surface area (TPSA) is 45.2 Å². The molecule has 1 unspecified atom stereocenters. The first kappa shape index (κ1) is 19.5. The Kier molecular flexibility index (Phi) is 7.06. The van der Waals surface area contributed by atoms with Gasteiger partial charge in [-0.15, -0.1) is 0 Å². The smallest absolute Gasteiger partial charge is 0.244 e. The van der Waals surface area contributed by atoms with Crippen molar-refractivity contribution in [3.05, 3.63) is 35.0 Å². The number of carbonyl (C=O) groups excluding carboxylic acids is 1. The summed E-state index contributed by atoms with van der Waals surface area (Å²) in [6.45, 7) is 9.79. The zero-order valence-corrected chi connectivity index (χ0v) is 16.4. The van der Waals surface area contributed by atoms with Crippen LogP contribution in [0.1, 0.15) is 46.2 Å². The van der Waals surface area contributed by atoms with E-state index in [0.29, 0.717) is 5.02 Å². The van der Waals surface area contributed by atoms with E-state index in [4.69, 9.17) is 11.6 Å². The second-order valence-electron chi connectivity index (χ2n) is 6.37. The molecule has 0 aliphatic rings. The third-order valence-corrected chi connectivity index (χ3v) is 4.46. The fourth-order valence-corrected chi connectivity index (χ4v) is 3.16. The predicted molar refractivity (Wildman–Crippen MR) is 106 cm³/mol. The lowest BCUT2D eigenvalue weighted by molar-refractivity contribution is -0.131. The van der Waals surface area contributed by atoms with Crippen molar-refractivity contribution in [3.8, 4) is 0 Å². The molecule has 1 atom stereocenters. The molecule has 0 aliphatic heterocycles. The van der Waals surface area contributed by atoms with Gasteiger partial charge in [0.15, 0.2) is 0 Å². The Labute approximate surface area is 155 Å². The molecule has 0 saturated carbocycles. The Balaban J connectivity index is 2.30. The molecule has 0 bridgehead atoms. The molecular formula is C20H28ClN3O. The third kappa shape index (κ3) is 4.85. The lowest BCUT2D eigenvalue weighted by Gasteiger charge is -2.26. The van der Waals surface area contributed by atoms with Crippen molar-refractivity contribution in [1.29, 1.82) is 0 Å². The van der Waals surface area contributed by atoms with Crippen LogP contribution in [0.2, 0.25) is 5.02 Å². The van der Waals surface area contributed by atoms with Crippen LogP contribution in [-0.4, -0.2) is 34.9 Å². The quantitative estimate of drug-likeness (QED) is 0.727. The van der Waals surface area contributed by atoms with Crippen LogP contribution < -0.4 is 5.32 Å². The van der Waals surface area contributed by atoms with Gasteiger partial charge in [-0.25, -0.2) is 0 Å². The second-order valence-corrected chi connectivity index (χ2v) is 6.80. The maximum absolute atomic E-state index is 12.8. The molecule has 2 rings (SSSR count). The van der Waals surface area contributed by atoms with Crippen molar-refractivity contribution in [2.24, 2.45) is 0 Å².